The number of alkyl halides is 3. The number of aliphatic hydroxyl groups is 1. The maximum Gasteiger partial charge on any atom is 0.393 e. The second-order valence-electron chi connectivity index (χ2n) is 5.78. The van der Waals surface area contributed by atoms with E-state index in [0.29, 0.717) is 13.0 Å². The summed E-state index contributed by atoms with van der Waals surface area (Å²) in [6.07, 6.45) is -3.51. The van der Waals surface area contributed by atoms with E-state index in [9.17, 15) is 23.1 Å². The highest BCUT2D eigenvalue weighted by Crippen LogP contribution is 2.32. The summed E-state index contributed by atoms with van der Waals surface area (Å²) in [4.78, 5) is 13.6. The Kier molecular flexibility index (Phi) is 3.79. The van der Waals surface area contributed by atoms with Crippen molar-refractivity contribution in [1.29, 1.82) is 0 Å². The Morgan fingerprint density at radius 1 is 1.42 bits per heavy atom. The number of hydrogen-bond acceptors (Lipinski definition) is 3. The molecule has 3 atom stereocenters. The van der Waals surface area contributed by atoms with E-state index < -0.39 is 23.7 Å². The Morgan fingerprint density at radius 3 is 2.53 bits per heavy atom. The summed E-state index contributed by atoms with van der Waals surface area (Å²) >= 11 is 0. The third kappa shape index (κ3) is 3.39. The van der Waals surface area contributed by atoms with E-state index >= 15 is 0 Å². The standard InChI is InChI=1S/C12H19F3N2O2/c1-11(19)4-5-17(7-11)10(18)9-3-2-8(6-16-9)12(13,14)15/h8-9,16,19H,2-7H2,1H3. The van der Waals surface area contributed by atoms with Crippen LogP contribution in [0.4, 0.5) is 13.2 Å². The van der Waals surface area contributed by atoms with Crippen LogP contribution in [-0.4, -0.2) is 53.4 Å². The Hall–Kier alpha value is -0.820. The van der Waals surface area contributed by atoms with Gasteiger partial charge in [-0.1, -0.05) is 0 Å². The zero-order valence-corrected chi connectivity index (χ0v) is 10.8. The third-order valence-electron chi connectivity index (χ3n) is 3.94. The molecule has 4 nitrogen and oxygen atoms in total. The molecule has 2 saturated heterocycles. The van der Waals surface area contributed by atoms with Crippen molar-refractivity contribution in [2.45, 2.75) is 44.0 Å². The largest absolute Gasteiger partial charge is 0.393 e. The van der Waals surface area contributed by atoms with Crippen LogP contribution in [0.1, 0.15) is 26.2 Å². The highest BCUT2D eigenvalue weighted by Gasteiger charge is 2.44. The topological polar surface area (TPSA) is 52.6 Å². The van der Waals surface area contributed by atoms with Crippen molar-refractivity contribution in [1.82, 2.24) is 10.2 Å². The number of halogens is 3. The normalized spacial score (nSPS) is 36.6. The average molecular weight is 280 g/mol. The lowest BCUT2D eigenvalue weighted by atomic mass is 9.93. The monoisotopic (exact) mass is 280 g/mol. The summed E-state index contributed by atoms with van der Waals surface area (Å²) in [5, 5.41) is 12.5. The molecule has 2 N–H and O–H groups in total. The molecule has 2 heterocycles. The van der Waals surface area contributed by atoms with Crippen molar-refractivity contribution in [3.8, 4) is 0 Å². The molecule has 0 saturated carbocycles. The predicted molar refractivity (Wildman–Crippen MR) is 62.4 cm³/mol. The van der Waals surface area contributed by atoms with E-state index in [2.05, 4.69) is 5.32 Å². The molecular formula is C12H19F3N2O2. The molecule has 110 valence electrons. The molecule has 0 aromatic carbocycles. The van der Waals surface area contributed by atoms with Gasteiger partial charge in [-0.15, -0.1) is 0 Å². The number of amides is 1. The maximum absolute atomic E-state index is 12.5. The number of nitrogens with one attached hydrogen (secondary N) is 1. The maximum atomic E-state index is 12.5. The molecule has 0 aromatic heterocycles. The molecule has 0 aliphatic carbocycles. The van der Waals surface area contributed by atoms with Crippen LogP contribution in [0.2, 0.25) is 0 Å². The molecular weight excluding hydrogens is 261 g/mol. The van der Waals surface area contributed by atoms with E-state index in [1.807, 2.05) is 0 Å². The molecule has 0 spiro atoms. The first-order valence-corrected chi connectivity index (χ1v) is 6.50. The van der Waals surface area contributed by atoms with E-state index in [-0.39, 0.29) is 31.8 Å². The Labute approximate surface area is 110 Å². The number of carbonyl (C=O) groups is 1. The molecule has 2 aliphatic heterocycles. The second-order valence-corrected chi connectivity index (χ2v) is 5.78. The minimum Gasteiger partial charge on any atom is -0.388 e. The first kappa shape index (κ1) is 14.6. The van der Waals surface area contributed by atoms with Gasteiger partial charge in [-0.25, -0.2) is 0 Å². The lowest BCUT2D eigenvalue weighted by molar-refractivity contribution is -0.180. The number of nitrogens with zero attached hydrogens (tertiary/aromatic N) is 1. The van der Waals surface area contributed by atoms with Crippen molar-refractivity contribution >= 4 is 5.91 Å². The van der Waals surface area contributed by atoms with Crippen molar-refractivity contribution in [2.75, 3.05) is 19.6 Å². The van der Waals surface area contributed by atoms with Gasteiger partial charge in [-0.05, 0) is 26.2 Å². The van der Waals surface area contributed by atoms with Crippen LogP contribution in [0.25, 0.3) is 0 Å². The minimum absolute atomic E-state index is 0.0167. The van der Waals surface area contributed by atoms with Gasteiger partial charge in [0.25, 0.3) is 0 Å². The summed E-state index contributed by atoms with van der Waals surface area (Å²) in [5.41, 5.74) is -0.876. The van der Waals surface area contributed by atoms with Gasteiger partial charge in [0.1, 0.15) is 0 Å². The summed E-state index contributed by atoms with van der Waals surface area (Å²) < 4.78 is 37.5. The van der Waals surface area contributed by atoms with Gasteiger partial charge in [0.05, 0.1) is 17.6 Å². The third-order valence-corrected chi connectivity index (χ3v) is 3.94. The minimum atomic E-state index is -4.20. The Balaban J connectivity index is 1.87. The first-order valence-electron chi connectivity index (χ1n) is 6.50. The Morgan fingerprint density at radius 2 is 2.11 bits per heavy atom. The van der Waals surface area contributed by atoms with Gasteiger partial charge in [-0.3, -0.25) is 4.79 Å². The van der Waals surface area contributed by atoms with Gasteiger partial charge >= 0.3 is 6.18 Å². The van der Waals surface area contributed by atoms with E-state index in [1.54, 1.807) is 6.92 Å². The molecule has 2 fully saturated rings. The van der Waals surface area contributed by atoms with Gasteiger partial charge in [0, 0.05) is 19.6 Å². The fourth-order valence-electron chi connectivity index (χ4n) is 2.70. The fourth-order valence-corrected chi connectivity index (χ4v) is 2.70. The van der Waals surface area contributed by atoms with Gasteiger partial charge in [0.15, 0.2) is 0 Å². The first-order chi connectivity index (χ1) is 8.69. The number of piperidine rings is 1. The van der Waals surface area contributed by atoms with Crippen LogP contribution in [0.5, 0.6) is 0 Å². The van der Waals surface area contributed by atoms with Gasteiger partial charge < -0.3 is 15.3 Å². The zero-order valence-electron chi connectivity index (χ0n) is 10.8. The quantitative estimate of drug-likeness (QED) is 0.750. The van der Waals surface area contributed by atoms with Crippen molar-refractivity contribution < 1.29 is 23.1 Å². The second kappa shape index (κ2) is 4.94. The summed E-state index contributed by atoms with van der Waals surface area (Å²) in [5.74, 6) is -1.56. The summed E-state index contributed by atoms with van der Waals surface area (Å²) in [7, 11) is 0. The number of rotatable bonds is 1. The molecule has 0 aromatic rings. The SMILES string of the molecule is CC1(O)CCN(C(=O)C2CCC(C(F)(F)F)CN2)C1. The van der Waals surface area contributed by atoms with Crippen LogP contribution in [-0.2, 0) is 4.79 Å². The molecule has 0 bridgehead atoms. The molecule has 2 aliphatic rings. The predicted octanol–water partition coefficient (Wildman–Crippen LogP) is 0.900. The van der Waals surface area contributed by atoms with Gasteiger partial charge in [0.2, 0.25) is 5.91 Å². The van der Waals surface area contributed by atoms with Crippen molar-refractivity contribution in [3.63, 3.8) is 0 Å². The number of β-amino-alcohol motifs (C(OH)–C–C–N with tert-alkyl or cyclic N) is 1. The molecule has 3 unspecified atom stereocenters. The van der Waals surface area contributed by atoms with Gasteiger partial charge in [-0.2, -0.15) is 13.2 Å². The van der Waals surface area contributed by atoms with Crippen LogP contribution < -0.4 is 5.32 Å². The summed E-state index contributed by atoms with van der Waals surface area (Å²) in [6, 6.07) is -0.549. The highest BCUT2D eigenvalue weighted by molar-refractivity contribution is 5.82. The zero-order chi connectivity index (χ0) is 14.3. The van der Waals surface area contributed by atoms with Crippen LogP contribution >= 0.6 is 0 Å². The van der Waals surface area contributed by atoms with E-state index in [4.69, 9.17) is 0 Å². The number of likely N-dealkylation sites (tertiary alicyclic amines) is 1. The fraction of sp³-hybridized carbons (Fsp3) is 0.917. The molecule has 2 rings (SSSR count). The van der Waals surface area contributed by atoms with Crippen LogP contribution in [0, 0.1) is 5.92 Å². The van der Waals surface area contributed by atoms with E-state index in [0.717, 1.165) is 0 Å². The van der Waals surface area contributed by atoms with Crippen LogP contribution in [0.3, 0.4) is 0 Å². The molecule has 19 heavy (non-hydrogen) atoms. The lowest BCUT2D eigenvalue weighted by Gasteiger charge is -2.32. The van der Waals surface area contributed by atoms with Crippen molar-refractivity contribution in [3.05, 3.63) is 0 Å². The lowest BCUT2D eigenvalue weighted by Crippen LogP contribution is -2.52. The Bertz CT molecular complexity index is 349. The highest BCUT2D eigenvalue weighted by atomic mass is 19.4. The molecule has 1 amide bonds. The smallest absolute Gasteiger partial charge is 0.388 e. The molecule has 7 heteroatoms. The summed E-state index contributed by atoms with van der Waals surface area (Å²) in [6.45, 7) is 2.18. The van der Waals surface area contributed by atoms with Crippen molar-refractivity contribution in [2.24, 2.45) is 5.92 Å². The molecule has 0 radical (unpaired) electrons. The number of carbonyl (C=O) groups excluding carboxylic acids is 1. The number of hydrogen-bond donors (Lipinski definition) is 2. The average Bonchev–Trinajstić information content (AvgIpc) is 2.68. The van der Waals surface area contributed by atoms with Crippen LogP contribution in [0.15, 0.2) is 0 Å². The van der Waals surface area contributed by atoms with E-state index in [1.165, 1.54) is 4.90 Å².